The lowest BCUT2D eigenvalue weighted by molar-refractivity contribution is -0.384. The Morgan fingerprint density at radius 1 is 1.21 bits per heavy atom. The van der Waals surface area contributed by atoms with E-state index < -0.39 is 16.7 Å². The van der Waals surface area contributed by atoms with E-state index in [4.69, 9.17) is 0 Å². The van der Waals surface area contributed by atoms with Gasteiger partial charge >= 0.3 is 0 Å². The minimum absolute atomic E-state index is 0.0391. The third kappa shape index (κ3) is 5.61. The average Bonchev–Trinajstić information content (AvgIpc) is 3.06. The molecule has 2 rings (SSSR count). The molecule has 0 bridgehead atoms. The molecule has 1 heterocycles. The molecule has 124 valence electrons. The summed E-state index contributed by atoms with van der Waals surface area (Å²) < 4.78 is 0. The first-order chi connectivity index (χ1) is 11.5. The van der Waals surface area contributed by atoms with Crippen LogP contribution in [-0.2, 0) is 9.59 Å². The van der Waals surface area contributed by atoms with Gasteiger partial charge in [-0.2, -0.15) is 5.10 Å². The maximum absolute atomic E-state index is 11.8. The van der Waals surface area contributed by atoms with E-state index in [0.29, 0.717) is 5.69 Å². The molecule has 2 N–H and O–H groups in total. The summed E-state index contributed by atoms with van der Waals surface area (Å²) in [7, 11) is 0. The van der Waals surface area contributed by atoms with Gasteiger partial charge in [-0.05, 0) is 17.5 Å². The number of non-ortho nitro benzene ring substituents is 1. The highest BCUT2D eigenvalue weighted by Gasteiger charge is 2.09. The van der Waals surface area contributed by atoms with Crippen molar-refractivity contribution < 1.29 is 14.5 Å². The number of thiophene rings is 1. The number of nitro groups is 1. The van der Waals surface area contributed by atoms with Gasteiger partial charge in [0.2, 0.25) is 11.8 Å². The summed E-state index contributed by atoms with van der Waals surface area (Å²) in [4.78, 5) is 34.4. The van der Waals surface area contributed by atoms with Crippen LogP contribution < -0.4 is 10.7 Å². The highest BCUT2D eigenvalue weighted by molar-refractivity contribution is 7.11. The highest BCUT2D eigenvalue weighted by Crippen LogP contribution is 2.17. The van der Waals surface area contributed by atoms with Crippen molar-refractivity contribution >= 4 is 40.7 Å². The van der Waals surface area contributed by atoms with Crippen LogP contribution in [0.15, 0.2) is 46.9 Å². The van der Waals surface area contributed by atoms with Crippen molar-refractivity contribution in [2.45, 2.75) is 12.8 Å². The molecule has 0 spiro atoms. The number of nitrogens with one attached hydrogen (secondary N) is 2. The van der Waals surface area contributed by atoms with Crippen molar-refractivity contribution in [2.75, 3.05) is 5.32 Å². The van der Waals surface area contributed by atoms with Crippen molar-refractivity contribution in [3.8, 4) is 0 Å². The van der Waals surface area contributed by atoms with Gasteiger partial charge in [0.1, 0.15) is 0 Å². The Morgan fingerprint density at radius 3 is 2.71 bits per heavy atom. The normalized spacial score (nSPS) is 10.5. The van der Waals surface area contributed by atoms with Gasteiger partial charge in [0.15, 0.2) is 0 Å². The van der Waals surface area contributed by atoms with Gasteiger partial charge in [-0.15, -0.1) is 11.3 Å². The van der Waals surface area contributed by atoms with Gasteiger partial charge in [-0.25, -0.2) is 5.43 Å². The Hall–Kier alpha value is -3.07. The second-order valence-corrected chi connectivity index (χ2v) is 5.64. The van der Waals surface area contributed by atoms with Crippen LogP contribution in [0.4, 0.5) is 11.4 Å². The van der Waals surface area contributed by atoms with Gasteiger partial charge in [0, 0.05) is 35.5 Å². The first kappa shape index (κ1) is 17.3. The third-order valence-corrected chi connectivity index (χ3v) is 3.65. The zero-order valence-electron chi connectivity index (χ0n) is 12.5. The molecule has 9 heteroatoms. The molecule has 0 aliphatic heterocycles. The number of anilines is 1. The lowest BCUT2D eigenvalue weighted by Gasteiger charge is -2.04. The molecular weight excluding hydrogens is 332 g/mol. The maximum atomic E-state index is 11.8. The molecule has 1 aromatic carbocycles. The molecule has 8 nitrogen and oxygen atoms in total. The number of carbonyl (C=O) groups excluding carboxylic acids is 2. The molecular formula is C15H14N4O4S. The number of hydrogen-bond acceptors (Lipinski definition) is 6. The van der Waals surface area contributed by atoms with Gasteiger partial charge < -0.3 is 5.32 Å². The van der Waals surface area contributed by atoms with Gasteiger partial charge in [0.25, 0.3) is 5.69 Å². The number of carbonyl (C=O) groups is 2. The molecule has 0 aliphatic rings. The lowest BCUT2D eigenvalue weighted by atomic mass is 10.2. The van der Waals surface area contributed by atoms with Gasteiger partial charge in [-0.3, -0.25) is 19.7 Å². The predicted molar refractivity (Wildman–Crippen MR) is 91.0 cm³/mol. The van der Waals surface area contributed by atoms with E-state index in [9.17, 15) is 19.7 Å². The Bertz CT molecular complexity index is 759. The molecule has 0 saturated heterocycles. The van der Waals surface area contributed by atoms with Crippen LogP contribution in [0.1, 0.15) is 17.7 Å². The largest absolute Gasteiger partial charge is 0.326 e. The Balaban J connectivity index is 1.75. The smallest absolute Gasteiger partial charge is 0.271 e. The van der Waals surface area contributed by atoms with E-state index in [1.165, 1.54) is 41.8 Å². The van der Waals surface area contributed by atoms with Gasteiger partial charge in [-0.1, -0.05) is 12.1 Å². The molecule has 0 unspecified atom stereocenters. The summed E-state index contributed by atoms with van der Waals surface area (Å²) in [5.41, 5.74) is 2.53. The summed E-state index contributed by atoms with van der Waals surface area (Å²) >= 11 is 1.48. The molecule has 0 saturated carbocycles. The lowest BCUT2D eigenvalue weighted by Crippen LogP contribution is -2.20. The SMILES string of the molecule is O=C(CCC(=O)Nc1cccc([N+](=O)[O-])c1)N/N=C/c1cccs1. The number of nitro benzene ring substituents is 1. The molecule has 24 heavy (non-hydrogen) atoms. The van der Waals surface area contributed by atoms with E-state index in [0.717, 1.165) is 4.88 Å². The van der Waals surface area contributed by atoms with Crippen LogP contribution in [0.2, 0.25) is 0 Å². The van der Waals surface area contributed by atoms with Crippen molar-refractivity contribution in [1.29, 1.82) is 0 Å². The number of rotatable bonds is 7. The molecule has 0 aliphatic carbocycles. The predicted octanol–water partition coefficient (Wildman–Crippen LogP) is 2.53. The zero-order valence-corrected chi connectivity index (χ0v) is 13.3. The summed E-state index contributed by atoms with van der Waals surface area (Å²) in [6, 6.07) is 9.31. The summed E-state index contributed by atoms with van der Waals surface area (Å²) in [6.07, 6.45) is 1.43. The van der Waals surface area contributed by atoms with Crippen molar-refractivity contribution in [1.82, 2.24) is 5.43 Å². The van der Waals surface area contributed by atoms with Crippen LogP contribution in [0.3, 0.4) is 0 Å². The van der Waals surface area contributed by atoms with Crippen molar-refractivity contribution in [3.63, 3.8) is 0 Å². The van der Waals surface area contributed by atoms with E-state index in [2.05, 4.69) is 15.8 Å². The molecule has 0 fully saturated rings. The number of nitrogens with zero attached hydrogens (tertiary/aromatic N) is 2. The molecule has 2 aromatic rings. The summed E-state index contributed by atoms with van der Waals surface area (Å²) in [5.74, 6) is -0.801. The minimum atomic E-state index is -0.547. The fraction of sp³-hybridized carbons (Fsp3) is 0.133. The zero-order chi connectivity index (χ0) is 17.4. The first-order valence-corrected chi connectivity index (χ1v) is 7.82. The Kier molecular flexibility index (Phi) is 6.15. The van der Waals surface area contributed by atoms with E-state index >= 15 is 0 Å². The summed E-state index contributed by atoms with van der Waals surface area (Å²) in [5, 5.41) is 18.9. The Labute approximate surface area is 141 Å². The van der Waals surface area contributed by atoms with Crippen LogP contribution in [0.5, 0.6) is 0 Å². The van der Waals surface area contributed by atoms with E-state index in [1.54, 1.807) is 0 Å². The second kappa shape index (κ2) is 8.53. The standard InChI is InChI=1S/C15H14N4O4S/c20-14(17-11-3-1-4-12(9-11)19(22)23)6-7-15(21)18-16-10-13-5-2-8-24-13/h1-5,8-10H,6-7H2,(H,17,20)(H,18,21)/b16-10+. The third-order valence-electron chi connectivity index (χ3n) is 2.84. The molecule has 1 aromatic heterocycles. The van der Waals surface area contributed by atoms with E-state index in [-0.39, 0.29) is 18.5 Å². The quantitative estimate of drug-likeness (QED) is 0.455. The summed E-state index contributed by atoms with van der Waals surface area (Å²) in [6.45, 7) is 0. The maximum Gasteiger partial charge on any atom is 0.271 e. The van der Waals surface area contributed by atoms with Crippen LogP contribution in [0.25, 0.3) is 0 Å². The number of amides is 2. The number of hydrogen-bond donors (Lipinski definition) is 2. The number of benzene rings is 1. The fourth-order valence-corrected chi connectivity index (χ4v) is 2.32. The van der Waals surface area contributed by atoms with Crippen LogP contribution >= 0.6 is 11.3 Å². The molecule has 0 atom stereocenters. The molecule has 2 amide bonds. The topological polar surface area (TPSA) is 114 Å². The highest BCUT2D eigenvalue weighted by atomic mass is 32.1. The fourth-order valence-electron chi connectivity index (χ4n) is 1.74. The average molecular weight is 346 g/mol. The van der Waals surface area contributed by atoms with Gasteiger partial charge in [0.05, 0.1) is 11.1 Å². The minimum Gasteiger partial charge on any atom is -0.326 e. The van der Waals surface area contributed by atoms with Crippen molar-refractivity contribution in [3.05, 3.63) is 56.8 Å². The first-order valence-electron chi connectivity index (χ1n) is 6.94. The van der Waals surface area contributed by atoms with Crippen molar-refractivity contribution in [2.24, 2.45) is 5.10 Å². The monoisotopic (exact) mass is 346 g/mol. The second-order valence-electron chi connectivity index (χ2n) is 4.66. The van der Waals surface area contributed by atoms with E-state index in [1.807, 2.05) is 17.5 Å². The number of hydrazone groups is 1. The van der Waals surface area contributed by atoms with Crippen LogP contribution in [0, 0.1) is 10.1 Å². The van der Waals surface area contributed by atoms with Crippen LogP contribution in [-0.4, -0.2) is 23.0 Å². The molecule has 0 radical (unpaired) electrons. The Morgan fingerprint density at radius 2 is 2.00 bits per heavy atom.